The highest BCUT2D eigenvalue weighted by molar-refractivity contribution is 5.89. The van der Waals surface area contributed by atoms with E-state index < -0.39 is 121 Å². The van der Waals surface area contributed by atoms with Crippen molar-refractivity contribution in [1.29, 1.82) is 0 Å². The van der Waals surface area contributed by atoms with Crippen molar-refractivity contribution in [3.8, 4) is 11.3 Å². The van der Waals surface area contributed by atoms with Gasteiger partial charge < -0.3 is 70.1 Å². The Bertz CT molecular complexity index is 2140. The molecule has 1 amide bonds. The monoisotopic (exact) mass is 927 g/mol. The van der Waals surface area contributed by atoms with Crippen LogP contribution in [-0.4, -0.2) is 151 Å². The third-order valence-electron chi connectivity index (χ3n) is 12.6. The molecule has 360 valence electrons. The summed E-state index contributed by atoms with van der Waals surface area (Å²) in [6.45, 7) is 0.801. The Morgan fingerprint density at radius 3 is 2.41 bits per heavy atom. The van der Waals surface area contributed by atoms with Crippen LogP contribution in [-0.2, 0) is 38.0 Å². The van der Waals surface area contributed by atoms with Crippen LogP contribution in [0.2, 0.25) is 0 Å². The van der Waals surface area contributed by atoms with E-state index in [1.807, 2.05) is 0 Å². The van der Waals surface area contributed by atoms with Crippen molar-refractivity contribution in [2.45, 2.75) is 132 Å². The fourth-order valence-corrected chi connectivity index (χ4v) is 9.12. The minimum absolute atomic E-state index is 0.00301. The van der Waals surface area contributed by atoms with Gasteiger partial charge >= 0.3 is 11.9 Å². The molecule has 20 nitrogen and oxygen atoms in total. The molecule has 3 heterocycles. The number of esters is 1. The summed E-state index contributed by atoms with van der Waals surface area (Å²) in [5, 5.41) is 76.4. The number of amides is 1. The standard InChI is InChI=1S/C45H58FN5O15/c1-23-34(53)36(55)37(56)44(61-23)66-38-30(51-21-29(49-50-51)26-13-8-14-28(46)18-26)19-27(41(57)48-16-15-47)20-31(38)63-45-40(65-43(60)25-11-6-3-7-12-25)39(35(54)33(22-52)64-45)62-32(42(58)59)17-24-9-4-2-5-10-24/h3,6-8,11-14,18,21,23-24,27,30-33,35,37-40,44-45,52-56H,2,4-5,9-10,15-17,19-20,22,47H2,1H3,(H,48,57)(H,58,59)/t23?,27?,30?,31-,32+,33?,35+,37?,38?,39?,40?,44+,45-/m1/s1. The maximum atomic E-state index is 14.4. The molecule has 13 atom stereocenters. The van der Waals surface area contributed by atoms with Crippen molar-refractivity contribution in [1.82, 2.24) is 20.3 Å². The summed E-state index contributed by atoms with van der Waals surface area (Å²) in [5.41, 5.74) is 6.41. The number of carboxylic acid groups (broad SMARTS) is 1. The Kier molecular flexibility index (Phi) is 16.4. The summed E-state index contributed by atoms with van der Waals surface area (Å²) in [6, 6.07) is 12.4. The van der Waals surface area contributed by atoms with Gasteiger partial charge in [0, 0.05) is 24.6 Å². The van der Waals surface area contributed by atoms with Crippen molar-refractivity contribution in [2.75, 3.05) is 19.7 Å². The zero-order valence-electron chi connectivity index (χ0n) is 36.3. The second-order valence-electron chi connectivity index (χ2n) is 17.2. The number of ether oxygens (including phenoxy) is 6. The Balaban J connectivity index is 1.30. The third kappa shape index (κ3) is 11.3. The Hall–Kier alpha value is -5.10. The number of hydrogen-bond donors (Lipinski definition) is 8. The first-order valence-electron chi connectivity index (χ1n) is 22.3. The molecule has 7 rings (SSSR count). The molecule has 8 unspecified atom stereocenters. The van der Waals surface area contributed by atoms with Crippen molar-refractivity contribution in [2.24, 2.45) is 17.6 Å². The number of carboxylic acids is 1. The average Bonchev–Trinajstić information content (AvgIpc) is 3.82. The molecular formula is C45H58FN5O15. The number of aliphatic hydroxyl groups excluding tert-OH is 5. The maximum Gasteiger partial charge on any atom is 0.338 e. The summed E-state index contributed by atoms with van der Waals surface area (Å²) in [7, 11) is 0. The van der Waals surface area contributed by atoms with Gasteiger partial charge in [0.25, 0.3) is 0 Å². The molecule has 0 radical (unpaired) electrons. The number of benzene rings is 2. The van der Waals surface area contributed by atoms with Crippen LogP contribution < -0.4 is 11.1 Å². The van der Waals surface area contributed by atoms with Crippen LogP contribution in [0.1, 0.15) is 74.7 Å². The van der Waals surface area contributed by atoms with E-state index in [0.717, 1.165) is 32.1 Å². The number of aliphatic carboxylic acids is 1. The molecule has 3 fully saturated rings. The van der Waals surface area contributed by atoms with Gasteiger partial charge in [-0.1, -0.05) is 67.6 Å². The van der Waals surface area contributed by atoms with Crippen LogP contribution in [0.15, 0.2) is 72.3 Å². The van der Waals surface area contributed by atoms with Crippen LogP contribution in [0.3, 0.4) is 0 Å². The molecule has 2 saturated carbocycles. The first kappa shape index (κ1) is 48.8. The lowest BCUT2D eigenvalue weighted by molar-refractivity contribution is -0.339. The maximum absolute atomic E-state index is 14.4. The highest BCUT2D eigenvalue weighted by atomic mass is 19.1. The number of nitrogens with one attached hydrogen (secondary N) is 1. The average molecular weight is 928 g/mol. The fraction of sp³-hybridized carbons (Fsp3) is 0.578. The molecule has 9 N–H and O–H groups in total. The Morgan fingerprint density at radius 2 is 1.71 bits per heavy atom. The zero-order chi connectivity index (χ0) is 47.1. The van der Waals surface area contributed by atoms with Crippen LogP contribution >= 0.6 is 0 Å². The zero-order valence-corrected chi connectivity index (χ0v) is 36.3. The number of aromatic nitrogens is 3. The summed E-state index contributed by atoms with van der Waals surface area (Å²) >= 11 is 0. The van der Waals surface area contributed by atoms with Gasteiger partial charge in [-0.05, 0) is 56.4 Å². The number of aliphatic hydroxyl groups is 5. The minimum atomic E-state index is -1.93. The highest BCUT2D eigenvalue weighted by Gasteiger charge is 2.54. The van der Waals surface area contributed by atoms with Crippen molar-refractivity contribution >= 4 is 17.8 Å². The molecule has 4 aliphatic rings. The Labute approximate surface area is 379 Å². The second kappa shape index (κ2) is 22.1. The molecule has 2 aliphatic carbocycles. The van der Waals surface area contributed by atoms with Crippen molar-refractivity contribution in [3.63, 3.8) is 0 Å². The van der Waals surface area contributed by atoms with E-state index >= 15 is 0 Å². The number of nitrogens with zero attached hydrogens (tertiary/aromatic N) is 3. The normalized spacial score (nSPS) is 31.2. The van der Waals surface area contributed by atoms with Gasteiger partial charge in [0.1, 0.15) is 42.0 Å². The predicted octanol–water partition coefficient (Wildman–Crippen LogP) is 2.43. The number of halogens is 1. The number of rotatable bonds is 17. The van der Waals surface area contributed by atoms with Crippen LogP contribution in [0, 0.1) is 17.7 Å². The van der Waals surface area contributed by atoms with Gasteiger partial charge in [-0.25, -0.2) is 18.7 Å². The van der Waals surface area contributed by atoms with Gasteiger partial charge in [-0.3, -0.25) is 4.79 Å². The molecule has 2 aromatic carbocycles. The predicted molar refractivity (Wildman–Crippen MR) is 227 cm³/mol. The van der Waals surface area contributed by atoms with E-state index in [0.29, 0.717) is 5.56 Å². The molecular weight excluding hydrogens is 870 g/mol. The lowest BCUT2D eigenvalue weighted by Crippen LogP contribution is -2.64. The minimum Gasteiger partial charge on any atom is -0.506 e. The summed E-state index contributed by atoms with van der Waals surface area (Å²) in [5.74, 6) is -5.60. The molecule has 0 spiro atoms. The van der Waals surface area contributed by atoms with Gasteiger partial charge in [-0.15, -0.1) is 5.10 Å². The van der Waals surface area contributed by atoms with Crippen molar-refractivity contribution < 1.29 is 77.8 Å². The first-order chi connectivity index (χ1) is 31.8. The van der Waals surface area contributed by atoms with Crippen LogP contribution in [0.4, 0.5) is 4.39 Å². The number of hydrogen-bond acceptors (Lipinski definition) is 17. The first-order valence-corrected chi connectivity index (χ1v) is 22.3. The van der Waals surface area contributed by atoms with Gasteiger partial charge in [0.2, 0.25) is 5.91 Å². The second-order valence-corrected chi connectivity index (χ2v) is 17.2. The van der Waals surface area contributed by atoms with Crippen LogP contribution in [0.25, 0.3) is 11.3 Å². The van der Waals surface area contributed by atoms with E-state index in [1.165, 1.54) is 48.1 Å². The lowest BCUT2D eigenvalue weighted by Gasteiger charge is -2.48. The quantitative estimate of drug-likeness (QED) is 0.0902. The smallest absolute Gasteiger partial charge is 0.338 e. The molecule has 2 aliphatic heterocycles. The van der Waals surface area contributed by atoms with Crippen molar-refractivity contribution in [3.05, 3.63) is 83.7 Å². The molecule has 21 heteroatoms. The van der Waals surface area contributed by atoms with Crippen LogP contribution in [0.5, 0.6) is 0 Å². The van der Waals surface area contributed by atoms with E-state index in [2.05, 4.69) is 15.6 Å². The highest BCUT2D eigenvalue weighted by Crippen LogP contribution is 2.42. The number of nitrogens with two attached hydrogens (primary N) is 1. The SMILES string of the molecule is CC1O[C@@H](OC2C(n3cc(-c4cccc(F)c4)nn3)CC(C(=O)NCCN)C[C@H]2O[C@@H]2OC(CO)[C@H](O)C(O[C@@H](CC3CCCCC3)C(=O)O)C2OC(=O)c2ccccc2)C(O)C(O)=C1O. The summed E-state index contributed by atoms with van der Waals surface area (Å²) in [4.78, 5) is 40.6. The largest absolute Gasteiger partial charge is 0.506 e. The lowest BCUT2D eigenvalue weighted by atomic mass is 9.80. The number of carbonyl (C=O) groups excluding carboxylic acids is 2. The molecule has 3 aromatic rings. The van der Waals surface area contributed by atoms with E-state index in [1.54, 1.807) is 24.3 Å². The molecule has 66 heavy (non-hydrogen) atoms. The fourth-order valence-electron chi connectivity index (χ4n) is 9.12. The third-order valence-corrected chi connectivity index (χ3v) is 12.6. The summed E-state index contributed by atoms with van der Waals surface area (Å²) in [6.07, 6.45) is -11.7. The van der Waals surface area contributed by atoms with E-state index in [-0.39, 0.29) is 49.5 Å². The summed E-state index contributed by atoms with van der Waals surface area (Å²) < 4.78 is 53.3. The molecule has 0 bridgehead atoms. The topological polar surface area (TPSA) is 297 Å². The number of carbonyl (C=O) groups is 3. The molecule has 1 saturated heterocycles. The van der Waals surface area contributed by atoms with E-state index in [4.69, 9.17) is 34.2 Å². The Morgan fingerprint density at radius 1 is 0.955 bits per heavy atom. The molecule has 1 aromatic heterocycles. The van der Waals surface area contributed by atoms with Gasteiger partial charge in [0.15, 0.2) is 42.4 Å². The van der Waals surface area contributed by atoms with Gasteiger partial charge in [-0.2, -0.15) is 0 Å². The van der Waals surface area contributed by atoms with Gasteiger partial charge in [0.05, 0.1) is 30.5 Å². The van der Waals surface area contributed by atoms with E-state index in [9.17, 15) is 49.4 Å².